The summed E-state index contributed by atoms with van der Waals surface area (Å²) < 4.78 is 8.53. The highest BCUT2D eigenvalue weighted by molar-refractivity contribution is 7.80. The van der Waals surface area contributed by atoms with E-state index in [0.717, 1.165) is 52.1 Å². The molecule has 5 nitrogen and oxygen atoms in total. The summed E-state index contributed by atoms with van der Waals surface area (Å²) in [4.78, 5) is 6.95. The summed E-state index contributed by atoms with van der Waals surface area (Å²) >= 11 is 12.4. The Bertz CT molecular complexity index is 1490. The highest BCUT2D eigenvalue weighted by atomic mass is 35.5. The van der Waals surface area contributed by atoms with Gasteiger partial charge in [0.2, 0.25) is 0 Å². The molecular weight excluding hydrogens is 524 g/mol. The Labute approximate surface area is 240 Å². The monoisotopic (exact) mass is 556 g/mol. The molecule has 2 fully saturated rings. The molecule has 1 saturated carbocycles. The Morgan fingerprint density at radius 1 is 0.974 bits per heavy atom. The minimum Gasteiger partial charge on any atom is -0.490 e. The molecule has 2 aromatic heterocycles. The van der Waals surface area contributed by atoms with Crippen LogP contribution < -0.4 is 15.0 Å². The molecule has 6 rings (SSSR count). The Morgan fingerprint density at radius 2 is 1.74 bits per heavy atom. The minimum atomic E-state index is -0.109. The number of aromatic nitrogens is 2. The number of thiocarbonyl (C=S) groups is 1. The van der Waals surface area contributed by atoms with Crippen molar-refractivity contribution in [3.05, 3.63) is 106 Å². The number of hydrogen-bond donors (Lipinski definition) is 1. The zero-order chi connectivity index (χ0) is 27.1. The SMILES string of the molecule is Cc1ccc(Cl)cc1-n1c(C)cc([C@H]2[C@@H](c3ccccn3)NC(=S)N2c2ccc(OC3CCCC3)cc2)c1C. The molecule has 1 saturated heterocycles. The van der Waals surface area contributed by atoms with Crippen molar-refractivity contribution in [3.8, 4) is 11.4 Å². The van der Waals surface area contributed by atoms with Crippen LogP contribution in [0.15, 0.2) is 72.9 Å². The Balaban J connectivity index is 1.43. The first-order chi connectivity index (χ1) is 18.9. The van der Waals surface area contributed by atoms with Crippen LogP contribution in [0, 0.1) is 20.8 Å². The van der Waals surface area contributed by atoms with Crippen LogP contribution in [-0.2, 0) is 0 Å². The number of benzene rings is 2. The fraction of sp³-hybridized carbons (Fsp3) is 0.312. The summed E-state index contributed by atoms with van der Waals surface area (Å²) in [5, 5.41) is 5.00. The van der Waals surface area contributed by atoms with Gasteiger partial charge in [-0.05, 0) is 124 Å². The zero-order valence-electron chi connectivity index (χ0n) is 22.5. The lowest BCUT2D eigenvalue weighted by Gasteiger charge is -2.28. The molecule has 3 heterocycles. The average molecular weight is 557 g/mol. The normalized spacial score (nSPS) is 19.5. The van der Waals surface area contributed by atoms with Crippen LogP contribution >= 0.6 is 23.8 Å². The fourth-order valence-corrected chi connectivity index (χ4v) is 6.63. The first-order valence-electron chi connectivity index (χ1n) is 13.6. The van der Waals surface area contributed by atoms with Gasteiger partial charge in [-0.25, -0.2) is 0 Å². The third-order valence-electron chi connectivity index (χ3n) is 8.02. The Morgan fingerprint density at radius 3 is 2.46 bits per heavy atom. The molecule has 7 heteroatoms. The number of ether oxygens (including phenoxy) is 1. The fourth-order valence-electron chi connectivity index (χ4n) is 6.11. The summed E-state index contributed by atoms with van der Waals surface area (Å²) in [6.45, 7) is 6.44. The van der Waals surface area contributed by atoms with Crippen LogP contribution in [0.1, 0.15) is 66.0 Å². The first kappa shape index (κ1) is 25.9. The van der Waals surface area contributed by atoms with Crippen molar-refractivity contribution < 1.29 is 4.74 Å². The lowest BCUT2D eigenvalue weighted by molar-refractivity contribution is 0.210. The van der Waals surface area contributed by atoms with Crippen molar-refractivity contribution in [2.24, 2.45) is 0 Å². The molecule has 0 radical (unpaired) electrons. The summed E-state index contributed by atoms with van der Waals surface area (Å²) in [5.41, 5.74) is 7.74. The Kier molecular flexibility index (Phi) is 7.08. The van der Waals surface area contributed by atoms with Crippen LogP contribution in [0.25, 0.3) is 5.69 Å². The molecule has 0 unspecified atom stereocenters. The van der Waals surface area contributed by atoms with E-state index >= 15 is 0 Å². The van der Waals surface area contributed by atoms with Gasteiger partial charge in [0.25, 0.3) is 0 Å². The molecule has 1 aliphatic carbocycles. The van der Waals surface area contributed by atoms with E-state index in [9.17, 15) is 0 Å². The number of nitrogens with one attached hydrogen (secondary N) is 1. The predicted molar refractivity (Wildman–Crippen MR) is 162 cm³/mol. The second-order valence-corrected chi connectivity index (χ2v) is 11.4. The van der Waals surface area contributed by atoms with Gasteiger partial charge in [-0.1, -0.05) is 23.7 Å². The summed E-state index contributed by atoms with van der Waals surface area (Å²) in [7, 11) is 0. The van der Waals surface area contributed by atoms with Gasteiger partial charge in [0.15, 0.2) is 5.11 Å². The van der Waals surface area contributed by atoms with E-state index in [0.29, 0.717) is 11.2 Å². The standard InChI is InChI=1S/C32H33ClN4OS/c1-20-11-12-23(33)19-29(20)36-21(2)18-27(22(36)3)31-30(28-10-6-7-17-34-28)35-32(39)37(31)24-13-15-26(16-14-24)38-25-8-4-5-9-25/h6-7,10-19,25,30-31H,4-5,8-9H2,1-3H3,(H,35,39)/t30-,31+/m1/s1. The number of pyridine rings is 1. The number of rotatable bonds is 6. The summed E-state index contributed by atoms with van der Waals surface area (Å²) in [6, 6.07) is 22.5. The van der Waals surface area contributed by atoms with Crippen LogP contribution in [0.4, 0.5) is 5.69 Å². The lowest BCUT2D eigenvalue weighted by Crippen LogP contribution is -2.29. The predicted octanol–water partition coefficient (Wildman–Crippen LogP) is 7.95. The van der Waals surface area contributed by atoms with E-state index < -0.39 is 0 Å². The van der Waals surface area contributed by atoms with Gasteiger partial charge in [-0.2, -0.15) is 0 Å². The van der Waals surface area contributed by atoms with E-state index in [-0.39, 0.29) is 12.1 Å². The van der Waals surface area contributed by atoms with E-state index in [4.69, 9.17) is 33.5 Å². The van der Waals surface area contributed by atoms with Crippen molar-refractivity contribution in [1.82, 2.24) is 14.9 Å². The van der Waals surface area contributed by atoms with Gasteiger partial charge in [0.05, 0.1) is 23.9 Å². The van der Waals surface area contributed by atoms with E-state index in [1.54, 1.807) is 0 Å². The van der Waals surface area contributed by atoms with Gasteiger partial charge >= 0.3 is 0 Å². The third-order valence-corrected chi connectivity index (χ3v) is 8.57. The number of nitrogens with zero attached hydrogens (tertiary/aromatic N) is 3. The summed E-state index contributed by atoms with van der Waals surface area (Å²) in [6.07, 6.45) is 6.94. The molecule has 0 spiro atoms. The molecule has 4 aromatic rings. The van der Waals surface area contributed by atoms with Gasteiger partial charge in [-0.3, -0.25) is 4.98 Å². The minimum absolute atomic E-state index is 0.0894. The maximum absolute atomic E-state index is 6.43. The van der Waals surface area contributed by atoms with Crippen LogP contribution in [0.5, 0.6) is 5.75 Å². The molecule has 1 aliphatic heterocycles. The molecular formula is C32H33ClN4OS. The number of anilines is 1. The zero-order valence-corrected chi connectivity index (χ0v) is 24.1. The van der Waals surface area contributed by atoms with Crippen LogP contribution in [0.3, 0.4) is 0 Å². The van der Waals surface area contributed by atoms with Crippen molar-refractivity contribution in [1.29, 1.82) is 0 Å². The Hall–Kier alpha value is -3.35. The lowest BCUT2D eigenvalue weighted by atomic mass is 9.96. The molecule has 0 amide bonds. The maximum atomic E-state index is 6.43. The van der Waals surface area contributed by atoms with E-state index in [2.05, 4.69) is 78.0 Å². The molecule has 2 aromatic carbocycles. The van der Waals surface area contributed by atoms with Crippen LogP contribution in [-0.4, -0.2) is 20.8 Å². The number of halogens is 1. The molecule has 2 atom stereocenters. The summed E-state index contributed by atoms with van der Waals surface area (Å²) in [5.74, 6) is 0.913. The molecule has 2 aliphatic rings. The highest BCUT2D eigenvalue weighted by Crippen LogP contribution is 2.44. The maximum Gasteiger partial charge on any atom is 0.174 e. The van der Waals surface area contributed by atoms with E-state index in [1.807, 2.05) is 30.5 Å². The topological polar surface area (TPSA) is 42.3 Å². The molecule has 1 N–H and O–H groups in total. The van der Waals surface area contributed by atoms with E-state index in [1.165, 1.54) is 24.0 Å². The quantitative estimate of drug-likeness (QED) is 0.244. The number of aryl methyl sites for hydroxylation is 2. The smallest absolute Gasteiger partial charge is 0.174 e. The van der Waals surface area contributed by atoms with Gasteiger partial charge in [0.1, 0.15) is 5.75 Å². The number of hydrogen-bond acceptors (Lipinski definition) is 3. The molecule has 39 heavy (non-hydrogen) atoms. The van der Waals surface area contributed by atoms with Gasteiger partial charge in [-0.15, -0.1) is 0 Å². The highest BCUT2D eigenvalue weighted by Gasteiger charge is 2.42. The second kappa shape index (κ2) is 10.7. The van der Waals surface area contributed by atoms with Crippen molar-refractivity contribution in [2.45, 2.75) is 64.6 Å². The van der Waals surface area contributed by atoms with Crippen molar-refractivity contribution in [3.63, 3.8) is 0 Å². The van der Waals surface area contributed by atoms with Crippen LogP contribution in [0.2, 0.25) is 5.02 Å². The first-order valence-corrected chi connectivity index (χ1v) is 14.4. The largest absolute Gasteiger partial charge is 0.490 e. The van der Waals surface area contributed by atoms with Crippen molar-refractivity contribution in [2.75, 3.05) is 4.90 Å². The molecule has 200 valence electrons. The molecule has 0 bridgehead atoms. The average Bonchev–Trinajstić information content (AvgIpc) is 3.64. The second-order valence-electron chi connectivity index (χ2n) is 10.6. The van der Waals surface area contributed by atoms with Gasteiger partial charge < -0.3 is 19.5 Å². The third kappa shape index (κ3) is 4.92. The van der Waals surface area contributed by atoms with Gasteiger partial charge in [0, 0.05) is 34.0 Å². The van der Waals surface area contributed by atoms with Crippen molar-refractivity contribution >= 4 is 34.6 Å².